The van der Waals surface area contributed by atoms with Gasteiger partial charge in [0, 0.05) is 24.3 Å². The summed E-state index contributed by atoms with van der Waals surface area (Å²) >= 11 is 1.55. The Morgan fingerprint density at radius 3 is 2.82 bits per heavy atom. The van der Waals surface area contributed by atoms with Crippen molar-refractivity contribution < 1.29 is 4.74 Å². The van der Waals surface area contributed by atoms with E-state index in [2.05, 4.69) is 34.0 Å². The first-order valence-electron chi connectivity index (χ1n) is 7.79. The van der Waals surface area contributed by atoms with Crippen LogP contribution in [0, 0.1) is 13.8 Å². The molecule has 0 N–H and O–H groups in total. The summed E-state index contributed by atoms with van der Waals surface area (Å²) in [6.07, 6.45) is 2.40. The molecule has 1 unspecified atom stereocenters. The molecule has 0 aliphatic carbocycles. The molecule has 22 heavy (non-hydrogen) atoms. The maximum absolute atomic E-state index is 5.42. The van der Waals surface area contributed by atoms with Gasteiger partial charge in [-0.25, -0.2) is 0 Å². The van der Waals surface area contributed by atoms with Crippen LogP contribution in [-0.4, -0.2) is 38.0 Å². The van der Waals surface area contributed by atoms with Crippen LogP contribution in [0.15, 0.2) is 0 Å². The molecule has 2 aromatic heterocycles. The van der Waals surface area contributed by atoms with Crippen molar-refractivity contribution in [3.63, 3.8) is 0 Å². The van der Waals surface area contributed by atoms with Crippen molar-refractivity contribution in [2.75, 3.05) is 13.2 Å². The average Bonchev–Trinajstić information content (AvgIpc) is 3.15. The third-order valence-corrected chi connectivity index (χ3v) is 5.14. The van der Waals surface area contributed by atoms with Crippen LogP contribution in [0.25, 0.3) is 0 Å². The summed E-state index contributed by atoms with van der Waals surface area (Å²) in [4.78, 5) is 2.49. The topological polar surface area (TPSA) is 56.1 Å². The lowest BCUT2D eigenvalue weighted by Gasteiger charge is -2.23. The van der Waals surface area contributed by atoms with Crippen LogP contribution in [-0.2, 0) is 13.6 Å². The van der Waals surface area contributed by atoms with Crippen LogP contribution in [0.3, 0.4) is 0 Å². The van der Waals surface area contributed by atoms with Crippen LogP contribution in [0.5, 0.6) is 5.19 Å². The van der Waals surface area contributed by atoms with Gasteiger partial charge in [-0.15, -0.1) is 10.2 Å². The molecule has 3 rings (SSSR count). The Morgan fingerprint density at radius 1 is 1.32 bits per heavy atom. The van der Waals surface area contributed by atoms with Crippen molar-refractivity contribution in [1.82, 2.24) is 24.9 Å². The third-order valence-electron chi connectivity index (χ3n) is 4.32. The summed E-state index contributed by atoms with van der Waals surface area (Å²) in [5.74, 6) is 0. The van der Waals surface area contributed by atoms with E-state index in [1.54, 1.807) is 11.3 Å². The lowest BCUT2D eigenvalue weighted by molar-refractivity contribution is 0.246. The van der Waals surface area contributed by atoms with Gasteiger partial charge >= 0.3 is 0 Å². The molecule has 0 aromatic carbocycles. The van der Waals surface area contributed by atoms with Gasteiger partial charge in [-0.1, -0.05) is 11.3 Å². The van der Waals surface area contributed by atoms with Crippen LogP contribution >= 0.6 is 11.3 Å². The highest BCUT2D eigenvalue weighted by molar-refractivity contribution is 7.13. The Bertz CT molecular complexity index is 650. The van der Waals surface area contributed by atoms with E-state index in [0.29, 0.717) is 17.8 Å². The molecule has 6 nitrogen and oxygen atoms in total. The minimum absolute atomic E-state index is 0.438. The summed E-state index contributed by atoms with van der Waals surface area (Å²) in [6, 6.07) is 0.438. The molecule has 0 amide bonds. The standard InChI is InChI=1S/C15H23N5OS/c1-5-21-15-17-16-13(22-15)9-20-8-6-7-12(20)14-10(2)18-19(4)11(14)3/h12H,5-9H2,1-4H3. The molecule has 1 aliphatic rings. The quantitative estimate of drug-likeness (QED) is 0.847. The van der Waals surface area contributed by atoms with Gasteiger partial charge in [-0.3, -0.25) is 9.58 Å². The highest BCUT2D eigenvalue weighted by atomic mass is 32.1. The molecule has 3 heterocycles. The van der Waals surface area contributed by atoms with Crippen molar-refractivity contribution in [2.45, 2.75) is 46.2 Å². The second-order valence-electron chi connectivity index (χ2n) is 5.73. The van der Waals surface area contributed by atoms with Gasteiger partial charge in [0.05, 0.1) is 18.8 Å². The molecule has 0 radical (unpaired) electrons. The summed E-state index contributed by atoms with van der Waals surface area (Å²) in [5, 5.41) is 14.6. The van der Waals surface area contributed by atoms with Crippen LogP contribution in [0.4, 0.5) is 0 Å². The molecule has 120 valence electrons. The van der Waals surface area contributed by atoms with Gasteiger partial charge in [0.15, 0.2) is 0 Å². The molecule has 1 saturated heterocycles. The predicted octanol–water partition coefficient (Wildman–Crippen LogP) is 2.62. The Kier molecular flexibility index (Phi) is 4.44. The summed E-state index contributed by atoms with van der Waals surface area (Å²) in [5.41, 5.74) is 3.79. The van der Waals surface area contributed by atoms with Gasteiger partial charge in [0.1, 0.15) is 5.01 Å². The van der Waals surface area contributed by atoms with Crippen molar-refractivity contribution in [3.8, 4) is 5.19 Å². The fraction of sp³-hybridized carbons (Fsp3) is 0.667. The maximum Gasteiger partial charge on any atom is 0.294 e. The molecule has 1 atom stereocenters. The van der Waals surface area contributed by atoms with Gasteiger partial charge in [-0.2, -0.15) is 5.10 Å². The molecule has 2 aromatic rings. The lowest BCUT2D eigenvalue weighted by atomic mass is 10.0. The van der Waals surface area contributed by atoms with Crippen LogP contribution in [0.2, 0.25) is 0 Å². The Morgan fingerprint density at radius 2 is 2.14 bits per heavy atom. The Balaban J connectivity index is 1.78. The number of ether oxygens (including phenoxy) is 1. The first kappa shape index (κ1) is 15.4. The SMILES string of the molecule is CCOc1nnc(CN2CCCC2c2c(C)nn(C)c2C)s1. The smallest absolute Gasteiger partial charge is 0.294 e. The normalized spacial score (nSPS) is 19.0. The fourth-order valence-corrected chi connectivity index (χ4v) is 4.04. The van der Waals surface area contributed by atoms with Crippen LogP contribution < -0.4 is 4.74 Å². The number of likely N-dealkylation sites (tertiary alicyclic amines) is 1. The predicted molar refractivity (Wildman–Crippen MR) is 86.1 cm³/mol. The van der Waals surface area contributed by atoms with Crippen LogP contribution in [0.1, 0.15) is 47.8 Å². The second kappa shape index (κ2) is 6.34. The minimum Gasteiger partial charge on any atom is -0.469 e. The molecular weight excluding hydrogens is 298 g/mol. The number of hydrogen-bond acceptors (Lipinski definition) is 6. The zero-order chi connectivity index (χ0) is 15.7. The van der Waals surface area contributed by atoms with Gasteiger partial charge < -0.3 is 4.74 Å². The summed E-state index contributed by atoms with van der Waals surface area (Å²) in [7, 11) is 2.02. The molecule has 0 bridgehead atoms. The van der Waals surface area contributed by atoms with E-state index in [4.69, 9.17) is 4.74 Å². The van der Waals surface area contributed by atoms with Crippen molar-refractivity contribution in [2.24, 2.45) is 7.05 Å². The number of rotatable bonds is 5. The van der Waals surface area contributed by atoms with E-state index in [9.17, 15) is 0 Å². The summed E-state index contributed by atoms with van der Waals surface area (Å²) in [6.45, 7) is 8.80. The molecule has 1 fully saturated rings. The lowest BCUT2D eigenvalue weighted by Crippen LogP contribution is -2.23. The second-order valence-corrected chi connectivity index (χ2v) is 6.76. The first-order valence-corrected chi connectivity index (χ1v) is 8.61. The number of hydrogen-bond donors (Lipinski definition) is 0. The van der Waals surface area contributed by atoms with Crippen molar-refractivity contribution >= 4 is 11.3 Å². The zero-order valence-electron chi connectivity index (χ0n) is 13.7. The zero-order valence-corrected chi connectivity index (χ0v) is 14.5. The highest BCUT2D eigenvalue weighted by Crippen LogP contribution is 2.36. The van der Waals surface area contributed by atoms with E-state index in [1.807, 2.05) is 18.7 Å². The van der Waals surface area contributed by atoms with E-state index in [0.717, 1.165) is 23.8 Å². The molecule has 7 heteroatoms. The molecular formula is C15H23N5OS. The fourth-order valence-electron chi connectivity index (χ4n) is 3.27. The van der Waals surface area contributed by atoms with E-state index in [1.165, 1.54) is 24.1 Å². The van der Waals surface area contributed by atoms with E-state index >= 15 is 0 Å². The van der Waals surface area contributed by atoms with Crippen molar-refractivity contribution in [3.05, 3.63) is 22.0 Å². The Labute approximate surface area is 135 Å². The number of aromatic nitrogens is 4. The molecule has 0 saturated carbocycles. The summed E-state index contributed by atoms with van der Waals surface area (Å²) < 4.78 is 7.40. The average molecular weight is 321 g/mol. The van der Waals surface area contributed by atoms with Gasteiger partial charge in [0.25, 0.3) is 5.19 Å². The van der Waals surface area contributed by atoms with Gasteiger partial charge in [0.2, 0.25) is 0 Å². The van der Waals surface area contributed by atoms with E-state index < -0.39 is 0 Å². The largest absolute Gasteiger partial charge is 0.469 e. The Hall–Kier alpha value is -1.47. The monoisotopic (exact) mass is 321 g/mol. The maximum atomic E-state index is 5.42. The first-order chi connectivity index (χ1) is 10.6. The molecule has 1 aliphatic heterocycles. The van der Waals surface area contributed by atoms with Gasteiger partial charge in [-0.05, 0) is 40.2 Å². The molecule has 0 spiro atoms. The third kappa shape index (κ3) is 2.87. The van der Waals surface area contributed by atoms with E-state index in [-0.39, 0.29) is 0 Å². The number of aryl methyl sites for hydroxylation is 2. The highest BCUT2D eigenvalue weighted by Gasteiger charge is 2.31. The van der Waals surface area contributed by atoms with Crippen molar-refractivity contribution in [1.29, 1.82) is 0 Å². The number of nitrogens with zero attached hydrogens (tertiary/aromatic N) is 5. The minimum atomic E-state index is 0.438.